The van der Waals surface area contributed by atoms with E-state index in [2.05, 4.69) is 16.8 Å². The van der Waals surface area contributed by atoms with E-state index in [4.69, 9.17) is 4.52 Å². The van der Waals surface area contributed by atoms with Gasteiger partial charge < -0.3 is 9.26 Å². The molecule has 0 spiro atoms. The van der Waals surface area contributed by atoms with Crippen molar-refractivity contribution in [3.05, 3.63) is 17.0 Å². The zero-order chi connectivity index (χ0) is 10.6. The molecule has 0 aliphatic carbocycles. The summed E-state index contributed by atoms with van der Waals surface area (Å²) < 4.78 is 9.71. The maximum absolute atomic E-state index is 11.3. The number of hydrogen-bond acceptors (Lipinski definition) is 4. The first-order chi connectivity index (χ1) is 6.74. The summed E-state index contributed by atoms with van der Waals surface area (Å²) in [5.41, 5.74) is 1.19. The normalized spacial score (nSPS) is 10.2. The third kappa shape index (κ3) is 1.95. The van der Waals surface area contributed by atoms with Crippen LogP contribution in [0.1, 0.15) is 42.1 Å². The zero-order valence-electron chi connectivity index (χ0n) is 8.79. The fourth-order valence-electron chi connectivity index (χ4n) is 1.39. The minimum absolute atomic E-state index is 0.318. The first-order valence-electron chi connectivity index (χ1n) is 4.80. The smallest absolute Gasteiger partial charge is 0.360 e. The Kier molecular flexibility index (Phi) is 3.68. The Balaban J connectivity index is 3.00. The number of nitrogens with zero attached hydrogens (tertiary/aromatic N) is 1. The Morgan fingerprint density at radius 2 is 2.21 bits per heavy atom. The van der Waals surface area contributed by atoms with Gasteiger partial charge in [0.1, 0.15) is 5.76 Å². The van der Waals surface area contributed by atoms with E-state index in [1.54, 1.807) is 0 Å². The summed E-state index contributed by atoms with van der Waals surface area (Å²) in [6.45, 7) is 4.03. The van der Waals surface area contributed by atoms with Crippen molar-refractivity contribution in [2.45, 2.75) is 33.1 Å². The molecule has 0 aliphatic heterocycles. The van der Waals surface area contributed by atoms with Crippen molar-refractivity contribution in [3.63, 3.8) is 0 Å². The molecular weight excluding hydrogens is 182 g/mol. The lowest BCUT2D eigenvalue weighted by Gasteiger charge is -1.97. The quantitative estimate of drug-likeness (QED) is 0.692. The number of carbonyl (C=O) groups excluding carboxylic acids is 1. The molecule has 4 heteroatoms. The van der Waals surface area contributed by atoms with Gasteiger partial charge in [0, 0.05) is 12.0 Å². The van der Waals surface area contributed by atoms with E-state index in [0.29, 0.717) is 5.69 Å². The summed E-state index contributed by atoms with van der Waals surface area (Å²) in [5.74, 6) is 0.378. The van der Waals surface area contributed by atoms with Crippen LogP contribution in [0.15, 0.2) is 4.52 Å². The van der Waals surface area contributed by atoms with Crippen LogP contribution >= 0.6 is 0 Å². The van der Waals surface area contributed by atoms with Crippen LogP contribution in [0.4, 0.5) is 0 Å². The van der Waals surface area contributed by atoms with Crippen molar-refractivity contribution in [2.24, 2.45) is 0 Å². The fraction of sp³-hybridized carbons (Fsp3) is 0.600. The number of ether oxygens (including phenoxy) is 1. The fourth-order valence-corrected chi connectivity index (χ4v) is 1.39. The summed E-state index contributed by atoms with van der Waals surface area (Å²) in [5, 5.41) is 3.73. The van der Waals surface area contributed by atoms with Crippen LogP contribution in [0.2, 0.25) is 0 Å². The minimum atomic E-state index is -0.423. The number of hydrogen-bond donors (Lipinski definition) is 0. The topological polar surface area (TPSA) is 52.3 Å². The van der Waals surface area contributed by atoms with Gasteiger partial charge in [-0.3, -0.25) is 0 Å². The molecule has 4 nitrogen and oxygen atoms in total. The van der Waals surface area contributed by atoms with Crippen molar-refractivity contribution in [1.82, 2.24) is 5.16 Å². The number of carbonyl (C=O) groups is 1. The lowest BCUT2D eigenvalue weighted by atomic mass is 10.1. The van der Waals surface area contributed by atoms with Gasteiger partial charge in [0.05, 0.1) is 7.11 Å². The molecule has 0 aliphatic rings. The van der Waals surface area contributed by atoms with Gasteiger partial charge >= 0.3 is 5.97 Å². The summed E-state index contributed by atoms with van der Waals surface area (Å²) >= 11 is 0. The molecule has 0 fully saturated rings. The first kappa shape index (κ1) is 10.8. The second kappa shape index (κ2) is 4.79. The lowest BCUT2D eigenvalue weighted by molar-refractivity contribution is 0.0588. The molecule has 78 valence electrons. The molecule has 1 aromatic heterocycles. The number of rotatable bonds is 4. The van der Waals surface area contributed by atoms with Crippen molar-refractivity contribution in [2.75, 3.05) is 7.11 Å². The molecule has 0 bridgehead atoms. The molecular formula is C10H15NO3. The third-order valence-corrected chi connectivity index (χ3v) is 2.08. The van der Waals surface area contributed by atoms with E-state index >= 15 is 0 Å². The molecule has 1 rings (SSSR count). The predicted molar refractivity (Wildman–Crippen MR) is 51.2 cm³/mol. The van der Waals surface area contributed by atoms with Crippen LogP contribution in [0.25, 0.3) is 0 Å². The Hall–Kier alpha value is -1.32. The second-order valence-electron chi connectivity index (χ2n) is 3.03. The highest BCUT2D eigenvalue weighted by molar-refractivity contribution is 5.88. The predicted octanol–water partition coefficient (Wildman–Crippen LogP) is 1.98. The molecule has 1 aromatic rings. The van der Waals surface area contributed by atoms with Gasteiger partial charge in [-0.2, -0.15) is 0 Å². The number of aryl methyl sites for hydroxylation is 1. The highest BCUT2D eigenvalue weighted by Crippen LogP contribution is 2.17. The lowest BCUT2D eigenvalue weighted by Crippen LogP contribution is -2.05. The van der Waals surface area contributed by atoms with Gasteiger partial charge in [-0.05, 0) is 12.8 Å². The molecule has 0 atom stereocenters. The van der Waals surface area contributed by atoms with E-state index < -0.39 is 5.97 Å². The van der Waals surface area contributed by atoms with Gasteiger partial charge in [0.15, 0.2) is 5.69 Å². The Bertz CT molecular complexity index is 317. The van der Waals surface area contributed by atoms with Gasteiger partial charge in [-0.1, -0.05) is 19.0 Å². The Labute approximate surface area is 83.2 Å². The van der Waals surface area contributed by atoms with Crippen molar-refractivity contribution in [1.29, 1.82) is 0 Å². The molecule has 0 saturated heterocycles. The second-order valence-corrected chi connectivity index (χ2v) is 3.03. The molecule has 0 amide bonds. The third-order valence-electron chi connectivity index (χ3n) is 2.08. The maximum atomic E-state index is 11.3. The number of aromatic nitrogens is 1. The molecule has 0 N–H and O–H groups in total. The van der Waals surface area contributed by atoms with Gasteiger partial charge in [0.2, 0.25) is 0 Å². The van der Waals surface area contributed by atoms with E-state index in [1.165, 1.54) is 7.11 Å². The van der Waals surface area contributed by atoms with Crippen LogP contribution in [0, 0.1) is 0 Å². The largest absolute Gasteiger partial charge is 0.464 e. The molecule has 0 aromatic carbocycles. The van der Waals surface area contributed by atoms with Crippen LogP contribution in [0.3, 0.4) is 0 Å². The van der Waals surface area contributed by atoms with Crippen LogP contribution < -0.4 is 0 Å². The monoisotopic (exact) mass is 197 g/mol. The van der Waals surface area contributed by atoms with Gasteiger partial charge in [-0.15, -0.1) is 0 Å². The Morgan fingerprint density at radius 3 is 2.71 bits per heavy atom. The average Bonchev–Trinajstić information content (AvgIpc) is 2.60. The molecule has 0 saturated carbocycles. The SMILES string of the molecule is CCCc1onc(C(=O)OC)c1CC. The highest BCUT2D eigenvalue weighted by Gasteiger charge is 2.20. The molecule has 0 unspecified atom stereocenters. The van der Waals surface area contributed by atoms with Crippen LogP contribution in [-0.4, -0.2) is 18.2 Å². The van der Waals surface area contributed by atoms with E-state index in [9.17, 15) is 4.79 Å². The van der Waals surface area contributed by atoms with Gasteiger partial charge in [-0.25, -0.2) is 4.79 Å². The maximum Gasteiger partial charge on any atom is 0.360 e. The number of esters is 1. The van der Waals surface area contributed by atoms with E-state index in [1.807, 2.05) is 6.92 Å². The Morgan fingerprint density at radius 1 is 1.50 bits per heavy atom. The summed E-state index contributed by atoms with van der Waals surface area (Å²) in [4.78, 5) is 11.3. The first-order valence-corrected chi connectivity index (χ1v) is 4.80. The molecule has 1 heterocycles. The van der Waals surface area contributed by atoms with E-state index in [0.717, 1.165) is 30.6 Å². The summed E-state index contributed by atoms with van der Waals surface area (Å²) in [7, 11) is 1.34. The van der Waals surface area contributed by atoms with Crippen molar-refractivity contribution in [3.8, 4) is 0 Å². The highest BCUT2D eigenvalue weighted by atomic mass is 16.5. The minimum Gasteiger partial charge on any atom is -0.464 e. The van der Waals surface area contributed by atoms with Gasteiger partial charge in [0.25, 0.3) is 0 Å². The standard InChI is InChI=1S/C10H15NO3/c1-4-6-8-7(5-2)9(11-14-8)10(12)13-3/h4-6H2,1-3H3. The average molecular weight is 197 g/mol. The molecule has 14 heavy (non-hydrogen) atoms. The zero-order valence-corrected chi connectivity index (χ0v) is 8.79. The summed E-state index contributed by atoms with van der Waals surface area (Å²) in [6.07, 6.45) is 2.53. The molecule has 0 radical (unpaired) electrons. The summed E-state index contributed by atoms with van der Waals surface area (Å²) in [6, 6.07) is 0. The van der Waals surface area contributed by atoms with Crippen molar-refractivity contribution >= 4 is 5.97 Å². The van der Waals surface area contributed by atoms with Crippen LogP contribution in [0.5, 0.6) is 0 Å². The van der Waals surface area contributed by atoms with E-state index in [-0.39, 0.29) is 0 Å². The number of methoxy groups -OCH3 is 1. The van der Waals surface area contributed by atoms with Crippen molar-refractivity contribution < 1.29 is 14.1 Å². The van der Waals surface area contributed by atoms with Crippen LogP contribution in [-0.2, 0) is 17.6 Å².